The van der Waals surface area contributed by atoms with Crippen molar-refractivity contribution >= 4 is 11.8 Å². The molecule has 0 unspecified atom stereocenters. The molecule has 4 nitrogen and oxygen atoms in total. The van der Waals surface area contributed by atoms with Crippen LogP contribution in [0.3, 0.4) is 0 Å². The van der Waals surface area contributed by atoms with Gasteiger partial charge >= 0.3 is 0 Å². The summed E-state index contributed by atoms with van der Waals surface area (Å²) in [5.74, 6) is 0.323. The van der Waals surface area contributed by atoms with Crippen LogP contribution in [0.2, 0.25) is 0 Å². The van der Waals surface area contributed by atoms with Gasteiger partial charge in [0.25, 0.3) is 0 Å². The molecule has 2 aromatic rings. The second-order valence-corrected chi connectivity index (χ2v) is 8.24. The summed E-state index contributed by atoms with van der Waals surface area (Å²) < 4.78 is 0. The van der Waals surface area contributed by atoms with E-state index in [-0.39, 0.29) is 11.8 Å². The Labute approximate surface area is 181 Å². The molecule has 0 saturated heterocycles. The number of hydrogen-bond acceptors (Lipinski definition) is 2. The van der Waals surface area contributed by atoms with Crippen LogP contribution in [0.4, 0.5) is 0 Å². The second-order valence-electron chi connectivity index (χ2n) is 8.24. The van der Waals surface area contributed by atoms with Gasteiger partial charge in [0, 0.05) is 19.5 Å². The molecule has 30 heavy (non-hydrogen) atoms. The van der Waals surface area contributed by atoms with E-state index in [1.54, 1.807) is 4.90 Å². The third-order valence-corrected chi connectivity index (χ3v) is 5.32. The maximum atomic E-state index is 13.2. The molecule has 0 spiro atoms. The molecule has 1 atom stereocenters. The molecule has 0 aliphatic rings. The van der Waals surface area contributed by atoms with E-state index >= 15 is 0 Å². The zero-order chi connectivity index (χ0) is 21.9. The van der Waals surface area contributed by atoms with Crippen LogP contribution in [-0.4, -0.2) is 29.3 Å². The first-order chi connectivity index (χ1) is 14.4. The van der Waals surface area contributed by atoms with Crippen LogP contribution in [0.15, 0.2) is 54.6 Å². The van der Waals surface area contributed by atoms with Gasteiger partial charge in [-0.1, -0.05) is 82.3 Å². The number of carbonyl (C=O) groups is 2. The van der Waals surface area contributed by atoms with Gasteiger partial charge in [-0.25, -0.2) is 0 Å². The van der Waals surface area contributed by atoms with Gasteiger partial charge in [-0.3, -0.25) is 9.59 Å². The molecule has 2 amide bonds. The summed E-state index contributed by atoms with van der Waals surface area (Å²) in [6, 6.07) is 17.9. The van der Waals surface area contributed by atoms with Gasteiger partial charge in [0.15, 0.2) is 0 Å². The van der Waals surface area contributed by atoms with Gasteiger partial charge < -0.3 is 10.2 Å². The third-order valence-electron chi connectivity index (χ3n) is 5.32. The number of nitrogens with zero attached hydrogens (tertiary/aromatic N) is 1. The number of nitrogens with one attached hydrogen (secondary N) is 1. The molecule has 2 rings (SSSR count). The molecule has 1 N–H and O–H groups in total. The molecule has 4 heteroatoms. The van der Waals surface area contributed by atoms with Gasteiger partial charge in [-0.05, 0) is 41.9 Å². The van der Waals surface area contributed by atoms with E-state index < -0.39 is 6.04 Å². The van der Waals surface area contributed by atoms with E-state index in [1.165, 1.54) is 5.56 Å². The van der Waals surface area contributed by atoms with Crippen molar-refractivity contribution in [3.05, 3.63) is 71.3 Å². The van der Waals surface area contributed by atoms with Gasteiger partial charge in [-0.2, -0.15) is 0 Å². The average Bonchev–Trinajstić information content (AvgIpc) is 2.76. The number of carbonyl (C=O) groups excluding carboxylic acids is 2. The fraction of sp³-hybridized carbons (Fsp3) is 0.462. The standard InChI is InChI=1S/C26H36N2O2/c1-5-21-12-14-22(15-13-21)16-17-25(29)28(19-23-10-8-7-9-11-23)24(6-2)26(30)27-18-20(3)4/h7-15,20,24H,5-6,16-19H2,1-4H3,(H,27,30)/t24-/m1/s1. The summed E-state index contributed by atoms with van der Waals surface area (Å²) in [6.45, 7) is 9.30. The lowest BCUT2D eigenvalue weighted by Crippen LogP contribution is -2.49. The molecule has 162 valence electrons. The normalized spacial score (nSPS) is 11.9. The Balaban J connectivity index is 2.13. The molecule has 0 aliphatic heterocycles. The highest BCUT2D eigenvalue weighted by molar-refractivity contribution is 5.87. The van der Waals surface area contributed by atoms with E-state index in [4.69, 9.17) is 0 Å². The molecule has 0 saturated carbocycles. The Kier molecular flexibility index (Phi) is 9.59. The van der Waals surface area contributed by atoms with Crippen molar-refractivity contribution in [2.24, 2.45) is 5.92 Å². The van der Waals surface area contributed by atoms with Crippen molar-refractivity contribution in [2.75, 3.05) is 6.54 Å². The van der Waals surface area contributed by atoms with Crippen LogP contribution in [0.5, 0.6) is 0 Å². The minimum atomic E-state index is -0.459. The highest BCUT2D eigenvalue weighted by atomic mass is 16.2. The highest BCUT2D eigenvalue weighted by Crippen LogP contribution is 2.15. The van der Waals surface area contributed by atoms with Crippen molar-refractivity contribution in [1.29, 1.82) is 0 Å². The van der Waals surface area contributed by atoms with Crippen LogP contribution in [0.1, 0.15) is 57.2 Å². The molecule has 0 aliphatic carbocycles. The van der Waals surface area contributed by atoms with E-state index in [1.807, 2.05) is 37.3 Å². The zero-order valence-electron chi connectivity index (χ0n) is 18.9. The van der Waals surface area contributed by atoms with E-state index in [9.17, 15) is 9.59 Å². The summed E-state index contributed by atoms with van der Waals surface area (Å²) >= 11 is 0. The Hall–Kier alpha value is -2.62. The summed E-state index contributed by atoms with van der Waals surface area (Å²) in [5.41, 5.74) is 3.48. The summed E-state index contributed by atoms with van der Waals surface area (Å²) in [4.78, 5) is 27.8. The molecular weight excluding hydrogens is 372 g/mol. The Morgan fingerprint density at radius 3 is 2.10 bits per heavy atom. The van der Waals surface area contributed by atoms with Gasteiger partial charge in [0.2, 0.25) is 11.8 Å². The molecular formula is C26H36N2O2. The molecule has 0 radical (unpaired) electrons. The van der Waals surface area contributed by atoms with Crippen LogP contribution in [0, 0.1) is 5.92 Å². The summed E-state index contributed by atoms with van der Waals surface area (Å²) in [6.07, 6.45) is 2.67. The van der Waals surface area contributed by atoms with Crippen LogP contribution in [0.25, 0.3) is 0 Å². The van der Waals surface area contributed by atoms with Crippen molar-refractivity contribution in [2.45, 2.75) is 66.0 Å². The lowest BCUT2D eigenvalue weighted by atomic mass is 10.0. The first-order valence-corrected chi connectivity index (χ1v) is 11.1. The topological polar surface area (TPSA) is 49.4 Å². The Bertz CT molecular complexity index is 784. The van der Waals surface area contributed by atoms with Crippen LogP contribution < -0.4 is 5.32 Å². The number of rotatable bonds is 11. The van der Waals surface area contributed by atoms with Gasteiger partial charge in [-0.15, -0.1) is 0 Å². The van der Waals surface area contributed by atoms with E-state index in [0.29, 0.717) is 38.3 Å². The summed E-state index contributed by atoms with van der Waals surface area (Å²) in [5, 5.41) is 3.01. The lowest BCUT2D eigenvalue weighted by Gasteiger charge is -2.31. The first kappa shape index (κ1) is 23.7. The largest absolute Gasteiger partial charge is 0.354 e. The maximum absolute atomic E-state index is 13.2. The molecule has 0 bridgehead atoms. The number of hydrogen-bond donors (Lipinski definition) is 1. The Morgan fingerprint density at radius 1 is 0.900 bits per heavy atom. The fourth-order valence-electron chi connectivity index (χ4n) is 3.46. The predicted molar refractivity (Wildman–Crippen MR) is 123 cm³/mol. The lowest BCUT2D eigenvalue weighted by molar-refractivity contribution is -0.141. The van der Waals surface area contributed by atoms with Crippen molar-refractivity contribution in [3.63, 3.8) is 0 Å². The van der Waals surface area contributed by atoms with Crippen molar-refractivity contribution < 1.29 is 9.59 Å². The Morgan fingerprint density at radius 2 is 1.53 bits per heavy atom. The zero-order valence-corrected chi connectivity index (χ0v) is 18.9. The van der Waals surface area contributed by atoms with Crippen molar-refractivity contribution in [3.8, 4) is 0 Å². The van der Waals surface area contributed by atoms with Crippen LogP contribution in [-0.2, 0) is 29.0 Å². The predicted octanol–water partition coefficient (Wildman–Crippen LogP) is 4.76. The molecule has 0 fully saturated rings. The third kappa shape index (κ3) is 7.33. The van der Waals surface area contributed by atoms with E-state index in [2.05, 4.69) is 50.4 Å². The number of aryl methyl sites for hydroxylation is 2. The molecule has 0 heterocycles. The van der Waals surface area contributed by atoms with Gasteiger partial charge in [0.05, 0.1) is 0 Å². The smallest absolute Gasteiger partial charge is 0.242 e. The second kappa shape index (κ2) is 12.2. The monoisotopic (exact) mass is 408 g/mol. The van der Waals surface area contributed by atoms with Crippen molar-refractivity contribution in [1.82, 2.24) is 10.2 Å². The number of amides is 2. The molecule has 2 aromatic carbocycles. The minimum Gasteiger partial charge on any atom is -0.354 e. The summed E-state index contributed by atoms with van der Waals surface area (Å²) in [7, 11) is 0. The SMILES string of the molecule is CCc1ccc(CCC(=O)N(Cc2ccccc2)[C@H](CC)C(=O)NCC(C)C)cc1. The fourth-order valence-corrected chi connectivity index (χ4v) is 3.46. The maximum Gasteiger partial charge on any atom is 0.242 e. The quantitative estimate of drug-likeness (QED) is 0.583. The number of benzene rings is 2. The van der Waals surface area contributed by atoms with Crippen LogP contribution >= 0.6 is 0 Å². The van der Waals surface area contributed by atoms with E-state index in [0.717, 1.165) is 17.5 Å². The molecule has 0 aromatic heterocycles. The highest BCUT2D eigenvalue weighted by Gasteiger charge is 2.28. The minimum absolute atomic E-state index is 0.0185. The first-order valence-electron chi connectivity index (χ1n) is 11.1. The average molecular weight is 409 g/mol. The van der Waals surface area contributed by atoms with Gasteiger partial charge in [0.1, 0.15) is 6.04 Å².